The van der Waals surface area contributed by atoms with Crippen LogP contribution in [-0.4, -0.2) is 50.4 Å². The molecular weight excluding hydrogens is 405 g/mol. The Bertz CT molecular complexity index is 1010. The number of rotatable bonds is 7. The molecule has 31 heavy (non-hydrogen) atoms. The molecule has 0 radical (unpaired) electrons. The Morgan fingerprint density at radius 3 is 2.48 bits per heavy atom. The summed E-state index contributed by atoms with van der Waals surface area (Å²) in [6, 6.07) is 9.26. The molecule has 0 bridgehead atoms. The molecular formula is C22H24FN3O5. The van der Waals surface area contributed by atoms with Crippen molar-refractivity contribution in [2.45, 2.75) is 12.5 Å². The zero-order chi connectivity index (χ0) is 22.7. The molecule has 0 spiro atoms. The third kappa shape index (κ3) is 4.45. The van der Waals surface area contributed by atoms with Crippen molar-refractivity contribution in [2.24, 2.45) is 11.7 Å². The fourth-order valence-corrected chi connectivity index (χ4v) is 3.79. The number of hydrogen-bond donors (Lipinski definition) is 1. The standard InChI is InChI=1S/C22H24FN3O5/c1-25(20(21(24)28)13-5-4-6-15(23)9-13)22(29)14-10-19(27)26(12-14)16-7-8-17(30-2)18(11-16)31-3/h4-9,11,14,20H,10,12H2,1-3H3,(H2,24,28). The van der Waals surface area contributed by atoms with Gasteiger partial charge in [0.1, 0.15) is 11.9 Å². The molecule has 1 fully saturated rings. The second-order valence-electron chi connectivity index (χ2n) is 7.25. The summed E-state index contributed by atoms with van der Waals surface area (Å²) in [6.07, 6.45) is -0.0217. The van der Waals surface area contributed by atoms with Crippen LogP contribution in [0.1, 0.15) is 18.0 Å². The third-order valence-corrected chi connectivity index (χ3v) is 5.32. The van der Waals surface area contributed by atoms with Crippen LogP contribution in [-0.2, 0) is 14.4 Å². The van der Waals surface area contributed by atoms with E-state index >= 15 is 0 Å². The number of methoxy groups -OCH3 is 2. The van der Waals surface area contributed by atoms with Crippen LogP contribution in [0.5, 0.6) is 11.5 Å². The molecule has 2 unspecified atom stereocenters. The predicted octanol–water partition coefficient (Wildman–Crippen LogP) is 1.88. The van der Waals surface area contributed by atoms with E-state index in [1.807, 2.05) is 0 Å². The SMILES string of the molecule is COc1ccc(N2CC(C(=O)N(C)C(C(N)=O)c3cccc(F)c3)CC2=O)cc1OC. The third-order valence-electron chi connectivity index (χ3n) is 5.32. The van der Waals surface area contributed by atoms with E-state index in [1.165, 1.54) is 49.3 Å². The fourth-order valence-electron chi connectivity index (χ4n) is 3.79. The predicted molar refractivity (Wildman–Crippen MR) is 111 cm³/mol. The van der Waals surface area contributed by atoms with Gasteiger partial charge in [-0.3, -0.25) is 14.4 Å². The zero-order valence-corrected chi connectivity index (χ0v) is 17.5. The van der Waals surface area contributed by atoms with Crippen molar-refractivity contribution in [3.63, 3.8) is 0 Å². The number of nitrogens with zero attached hydrogens (tertiary/aromatic N) is 2. The van der Waals surface area contributed by atoms with E-state index in [-0.39, 0.29) is 24.4 Å². The molecule has 2 aromatic carbocycles. The van der Waals surface area contributed by atoms with E-state index < -0.39 is 29.6 Å². The summed E-state index contributed by atoms with van der Waals surface area (Å²) in [4.78, 5) is 40.4. The molecule has 2 N–H and O–H groups in total. The highest BCUT2D eigenvalue weighted by Gasteiger charge is 2.39. The topological polar surface area (TPSA) is 102 Å². The van der Waals surface area contributed by atoms with Gasteiger partial charge >= 0.3 is 0 Å². The van der Waals surface area contributed by atoms with Gasteiger partial charge in [0.25, 0.3) is 0 Å². The van der Waals surface area contributed by atoms with Gasteiger partial charge in [0, 0.05) is 31.8 Å². The molecule has 164 valence electrons. The molecule has 2 aromatic rings. The van der Waals surface area contributed by atoms with E-state index in [4.69, 9.17) is 15.2 Å². The molecule has 0 saturated carbocycles. The van der Waals surface area contributed by atoms with Crippen molar-refractivity contribution in [1.82, 2.24) is 4.90 Å². The first-order valence-corrected chi connectivity index (χ1v) is 9.60. The molecule has 3 amide bonds. The number of amides is 3. The largest absolute Gasteiger partial charge is 0.493 e. The zero-order valence-electron chi connectivity index (χ0n) is 17.5. The number of benzene rings is 2. The average molecular weight is 429 g/mol. The Labute approximate surface area is 179 Å². The smallest absolute Gasteiger partial charge is 0.244 e. The number of halogens is 1. The first kappa shape index (κ1) is 22.1. The molecule has 1 aliphatic rings. The number of ether oxygens (including phenoxy) is 2. The summed E-state index contributed by atoms with van der Waals surface area (Å²) in [7, 11) is 4.42. The van der Waals surface area contributed by atoms with Crippen LogP contribution in [0.4, 0.5) is 10.1 Å². The molecule has 1 saturated heterocycles. The van der Waals surface area contributed by atoms with Crippen LogP contribution in [0.2, 0.25) is 0 Å². The maximum absolute atomic E-state index is 13.6. The van der Waals surface area contributed by atoms with E-state index in [9.17, 15) is 18.8 Å². The lowest BCUT2D eigenvalue weighted by Crippen LogP contribution is -2.42. The van der Waals surface area contributed by atoms with E-state index in [0.29, 0.717) is 17.2 Å². The molecule has 0 aliphatic carbocycles. The van der Waals surface area contributed by atoms with Crippen molar-refractivity contribution in [3.8, 4) is 11.5 Å². The summed E-state index contributed by atoms with van der Waals surface area (Å²) < 4.78 is 24.1. The normalized spacial score (nSPS) is 16.7. The first-order chi connectivity index (χ1) is 14.8. The Hall–Kier alpha value is -3.62. The summed E-state index contributed by atoms with van der Waals surface area (Å²) in [5.41, 5.74) is 6.34. The molecule has 1 heterocycles. The van der Waals surface area contributed by atoms with Crippen LogP contribution in [0, 0.1) is 11.7 Å². The van der Waals surface area contributed by atoms with Crippen LogP contribution in [0.15, 0.2) is 42.5 Å². The van der Waals surface area contributed by atoms with Gasteiger partial charge < -0.3 is 25.0 Å². The van der Waals surface area contributed by atoms with Gasteiger partial charge in [0.15, 0.2) is 11.5 Å². The number of hydrogen-bond acceptors (Lipinski definition) is 5. The fraction of sp³-hybridized carbons (Fsp3) is 0.318. The maximum atomic E-state index is 13.6. The molecule has 0 aromatic heterocycles. The highest BCUT2D eigenvalue weighted by atomic mass is 19.1. The number of nitrogens with two attached hydrogens (primary N) is 1. The van der Waals surface area contributed by atoms with Crippen LogP contribution in [0.25, 0.3) is 0 Å². The van der Waals surface area contributed by atoms with Gasteiger partial charge in [0.2, 0.25) is 17.7 Å². The number of carbonyl (C=O) groups excluding carboxylic acids is 3. The molecule has 3 rings (SSSR count). The van der Waals surface area contributed by atoms with Crippen molar-refractivity contribution >= 4 is 23.4 Å². The Balaban J connectivity index is 1.81. The van der Waals surface area contributed by atoms with E-state index in [1.54, 1.807) is 18.2 Å². The number of anilines is 1. The minimum absolute atomic E-state index is 0.0217. The van der Waals surface area contributed by atoms with Gasteiger partial charge in [-0.25, -0.2) is 4.39 Å². The van der Waals surface area contributed by atoms with Crippen LogP contribution >= 0.6 is 0 Å². The van der Waals surface area contributed by atoms with Crippen molar-refractivity contribution in [3.05, 3.63) is 53.8 Å². The Morgan fingerprint density at radius 1 is 1.16 bits per heavy atom. The molecule has 1 aliphatic heterocycles. The summed E-state index contributed by atoms with van der Waals surface area (Å²) >= 11 is 0. The lowest BCUT2D eigenvalue weighted by atomic mass is 10.0. The van der Waals surface area contributed by atoms with Crippen molar-refractivity contribution < 1.29 is 28.2 Å². The van der Waals surface area contributed by atoms with Gasteiger partial charge in [-0.15, -0.1) is 0 Å². The first-order valence-electron chi connectivity index (χ1n) is 9.60. The molecule has 8 nitrogen and oxygen atoms in total. The number of likely N-dealkylation sites (N-methyl/N-ethyl adjacent to an activating group) is 1. The molecule has 9 heteroatoms. The van der Waals surface area contributed by atoms with E-state index in [2.05, 4.69) is 0 Å². The minimum Gasteiger partial charge on any atom is -0.493 e. The van der Waals surface area contributed by atoms with Crippen molar-refractivity contribution in [2.75, 3.05) is 32.7 Å². The maximum Gasteiger partial charge on any atom is 0.244 e. The summed E-state index contributed by atoms with van der Waals surface area (Å²) in [6.45, 7) is 0.131. The summed E-state index contributed by atoms with van der Waals surface area (Å²) in [5, 5.41) is 0. The second kappa shape index (κ2) is 9.03. The highest BCUT2D eigenvalue weighted by Crippen LogP contribution is 2.35. The lowest BCUT2D eigenvalue weighted by molar-refractivity contribution is -0.141. The quantitative estimate of drug-likeness (QED) is 0.724. The van der Waals surface area contributed by atoms with Crippen LogP contribution < -0.4 is 20.1 Å². The van der Waals surface area contributed by atoms with Gasteiger partial charge in [-0.2, -0.15) is 0 Å². The monoisotopic (exact) mass is 429 g/mol. The van der Waals surface area contributed by atoms with E-state index in [0.717, 1.165) is 6.07 Å². The van der Waals surface area contributed by atoms with Gasteiger partial charge in [-0.05, 0) is 29.8 Å². The lowest BCUT2D eigenvalue weighted by Gasteiger charge is -2.28. The minimum atomic E-state index is -1.14. The van der Waals surface area contributed by atoms with Crippen molar-refractivity contribution in [1.29, 1.82) is 0 Å². The number of carbonyl (C=O) groups is 3. The van der Waals surface area contributed by atoms with Gasteiger partial charge in [0.05, 0.1) is 20.1 Å². The van der Waals surface area contributed by atoms with Gasteiger partial charge in [-0.1, -0.05) is 12.1 Å². The number of primary amides is 1. The molecule has 2 atom stereocenters. The summed E-state index contributed by atoms with van der Waals surface area (Å²) in [5.74, 6) is -1.70. The Morgan fingerprint density at radius 2 is 1.87 bits per heavy atom. The average Bonchev–Trinajstić information content (AvgIpc) is 3.14. The highest BCUT2D eigenvalue weighted by molar-refractivity contribution is 6.01. The Kier molecular flexibility index (Phi) is 6.43. The second-order valence-corrected chi connectivity index (χ2v) is 7.25. The van der Waals surface area contributed by atoms with Crippen LogP contribution in [0.3, 0.4) is 0 Å².